The van der Waals surface area contributed by atoms with E-state index < -0.39 is 0 Å². The maximum absolute atomic E-state index is 5.77. The summed E-state index contributed by atoms with van der Waals surface area (Å²) in [5, 5.41) is 4.64. The minimum Gasteiger partial charge on any atom is -0.461 e. The Kier molecular flexibility index (Phi) is 3.46. The molecule has 0 radical (unpaired) electrons. The van der Waals surface area contributed by atoms with Gasteiger partial charge in [-0.2, -0.15) is 0 Å². The van der Waals surface area contributed by atoms with Crippen LogP contribution in [0, 0.1) is 10.5 Å². The van der Waals surface area contributed by atoms with Crippen LogP contribution in [-0.2, 0) is 6.54 Å². The molecule has 2 nitrogen and oxygen atoms in total. The molecule has 0 unspecified atom stereocenters. The summed E-state index contributed by atoms with van der Waals surface area (Å²) in [7, 11) is 0. The van der Waals surface area contributed by atoms with Crippen LogP contribution in [0.3, 0.4) is 0 Å². The lowest BCUT2D eigenvalue weighted by Gasteiger charge is -2.06. The van der Waals surface area contributed by atoms with Crippen LogP contribution >= 0.6 is 22.6 Å². The van der Waals surface area contributed by atoms with Crippen molar-refractivity contribution >= 4 is 39.2 Å². The number of fused-ring (bicyclic) bond motifs is 1. The van der Waals surface area contributed by atoms with Gasteiger partial charge in [-0.15, -0.1) is 0 Å². The van der Waals surface area contributed by atoms with Gasteiger partial charge in [-0.05, 0) is 59.8 Å². The summed E-state index contributed by atoms with van der Waals surface area (Å²) in [6.45, 7) is 2.80. The predicted molar refractivity (Wildman–Crippen MR) is 87.4 cm³/mol. The van der Waals surface area contributed by atoms with E-state index in [9.17, 15) is 0 Å². The molecule has 0 saturated heterocycles. The van der Waals surface area contributed by atoms with Gasteiger partial charge in [0.1, 0.15) is 11.3 Å². The third-order valence-electron chi connectivity index (χ3n) is 3.21. The van der Waals surface area contributed by atoms with Crippen molar-refractivity contribution in [2.75, 3.05) is 5.32 Å². The van der Waals surface area contributed by atoms with Crippen LogP contribution in [0.4, 0.5) is 5.69 Å². The zero-order valence-electron chi connectivity index (χ0n) is 10.6. The van der Waals surface area contributed by atoms with E-state index in [0.29, 0.717) is 0 Å². The molecule has 0 spiro atoms. The van der Waals surface area contributed by atoms with Crippen molar-refractivity contribution in [1.82, 2.24) is 0 Å². The highest BCUT2D eigenvalue weighted by molar-refractivity contribution is 14.1. The van der Waals surface area contributed by atoms with Crippen LogP contribution in [0.2, 0.25) is 0 Å². The molecule has 3 heteroatoms. The number of anilines is 1. The summed E-state index contributed by atoms with van der Waals surface area (Å²) in [5.74, 6) is 0.985. The first-order chi connectivity index (χ1) is 9.24. The van der Waals surface area contributed by atoms with Crippen molar-refractivity contribution in [3.63, 3.8) is 0 Å². The quantitative estimate of drug-likeness (QED) is 0.666. The van der Waals surface area contributed by atoms with Crippen LogP contribution in [0.15, 0.2) is 52.9 Å². The normalized spacial score (nSPS) is 10.8. The highest BCUT2D eigenvalue weighted by Crippen LogP contribution is 2.26. The van der Waals surface area contributed by atoms with E-state index in [4.69, 9.17) is 4.42 Å². The molecular formula is C16H14INO. The van der Waals surface area contributed by atoms with Crippen molar-refractivity contribution in [2.45, 2.75) is 13.5 Å². The second kappa shape index (κ2) is 5.25. The van der Waals surface area contributed by atoms with Gasteiger partial charge in [0.25, 0.3) is 0 Å². The van der Waals surface area contributed by atoms with Crippen LogP contribution in [-0.4, -0.2) is 0 Å². The van der Waals surface area contributed by atoms with Gasteiger partial charge in [0.05, 0.1) is 0 Å². The molecule has 3 rings (SSSR count). The van der Waals surface area contributed by atoms with Crippen LogP contribution in [0.1, 0.15) is 11.3 Å². The number of halogens is 1. The summed E-state index contributed by atoms with van der Waals surface area (Å²) in [6, 6.07) is 16.6. The summed E-state index contributed by atoms with van der Waals surface area (Å²) in [4.78, 5) is 0. The number of para-hydroxylation sites is 1. The molecule has 3 aromatic rings. The highest BCUT2D eigenvalue weighted by Gasteiger charge is 2.09. The maximum Gasteiger partial charge on any atom is 0.134 e. The minimum atomic E-state index is 0.781. The fourth-order valence-corrected chi connectivity index (χ4v) is 2.56. The van der Waals surface area contributed by atoms with Gasteiger partial charge in [-0.25, -0.2) is 0 Å². The molecular weight excluding hydrogens is 349 g/mol. The van der Waals surface area contributed by atoms with E-state index in [1.807, 2.05) is 25.1 Å². The molecule has 19 heavy (non-hydrogen) atoms. The third kappa shape index (κ3) is 2.61. The average molecular weight is 363 g/mol. The Morgan fingerprint density at radius 1 is 1.05 bits per heavy atom. The molecule has 1 N–H and O–H groups in total. The lowest BCUT2D eigenvalue weighted by Crippen LogP contribution is -1.99. The number of nitrogens with one attached hydrogen (secondary N) is 1. The smallest absolute Gasteiger partial charge is 0.134 e. The van der Waals surface area contributed by atoms with Crippen LogP contribution < -0.4 is 5.32 Å². The minimum absolute atomic E-state index is 0.781. The van der Waals surface area contributed by atoms with Gasteiger partial charge in [0.2, 0.25) is 0 Å². The van der Waals surface area contributed by atoms with Crippen LogP contribution in [0.25, 0.3) is 11.0 Å². The summed E-state index contributed by atoms with van der Waals surface area (Å²) in [5.41, 5.74) is 3.32. The monoisotopic (exact) mass is 363 g/mol. The lowest BCUT2D eigenvalue weighted by atomic mass is 10.1. The first-order valence-electron chi connectivity index (χ1n) is 6.20. The van der Waals surface area contributed by atoms with E-state index >= 15 is 0 Å². The Morgan fingerprint density at radius 2 is 1.79 bits per heavy atom. The first kappa shape index (κ1) is 12.5. The maximum atomic E-state index is 5.77. The molecule has 96 valence electrons. The zero-order chi connectivity index (χ0) is 13.2. The number of benzene rings is 2. The summed E-state index contributed by atoms with van der Waals surface area (Å²) >= 11 is 2.31. The van der Waals surface area contributed by atoms with Gasteiger partial charge in [0.15, 0.2) is 0 Å². The second-order valence-corrected chi connectivity index (χ2v) is 5.74. The Bertz CT molecular complexity index is 700. The molecule has 1 aromatic heterocycles. The standard InChI is InChI=1S/C16H14INO/c1-11-15(14-4-2-3-5-16(14)19-11)10-18-13-8-6-12(17)7-9-13/h2-9,18H,10H2,1H3. The number of hydrogen-bond acceptors (Lipinski definition) is 2. The number of aryl methyl sites for hydroxylation is 1. The fourth-order valence-electron chi connectivity index (χ4n) is 2.20. The van der Waals surface area contributed by atoms with Crippen molar-refractivity contribution < 1.29 is 4.42 Å². The van der Waals surface area contributed by atoms with E-state index in [2.05, 4.69) is 58.2 Å². The lowest BCUT2D eigenvalue weighted by molar-refractivity contribution is 0.573. The van der Waals surface area contributed by atoms with E-state index in [0.717, 1.165) is 23.6 Å². The molecule has 2 aromatic carbocycles. The van der Waals surface area contributed by atoms with Gasteiger partial charge in [0, 0.05) is 26.8 Å². The molecule has 0 aliphatic carbocycles. The largest absolute Gasteiger partial charge is 0.461 e. The second-order valence-electron chi connectivity index (χ2n) is 4.49. The molecule has 1 heterocycles. The number of hydrogen-bond donors (Lipinski definition) is 1. The van der Waals surface area contributed by atoms with Crippen molar-refractivity contribution in [3.05, 3.63) is 63.4 Å². The van der Waals surface area contributed by atoms with Crippen molar-refractivity contribution in [2.24, 2.45) is 0 Å². The van der Waals surface area contributed by atoms with Crippen LogP contribution in [0.5, 0.6) is 0 Å². The van der Waals surface area contributed by atoms with Gasteiger partial charge >= 0.3 is 0 Å². The Hall–Kier alpha value is -1.49. The molecule has 0 aliphatic heterocycles. The topological polar surface area (TPSA) is 25.2 Å². The molecule has 0 aliphatic rings. The Balaban J connectivity index is 1.85. The SMILES string of the molecule is Cc1oc2ccccc2c1CNc1ccc(I)cc1. The molecule has 0 fully saturated rings. The predicted octanol–water partition coefficient (Wildman–Crippen LogP) is 4.96. The van der Waals surface area contributed by atoms with Gasteiger partial charge in [-0.1, -0.05) is 18.2 Å². The molecule has 0 amide bonds. The van der Waals surface area contributed by atoms with E-state index in [-0.39, 0.29) is 0 Å². The Morgan fingerprint density at radius 3 is 2.58 bits per heavy atom. The highest BCUT2D eigenvalue weighted by atomic mass is 127. The number of rotatable bonds is 3. The summed E-state index contributed by atoms with van der Waals surface area (Å²) < 4.78 is 7.01. The Labute approximate surface area is 126 Å². The first-order valence-corrected chi connectivity index (χ1v) is 7.28. The zero-order valence-corrected chi connectivity index (χ0v) is 12.8. The van der Waals surface area contributed by atoms with Gasteiger partial charge < -0.3 is 9.73 Å². The van der Waals surface area contributed by atoms with Crippen molar-refractivity contribution in [1.29, 1.82) is 0 Å². The molecule has 0 bridgehead atoms. The van der Waals surface area contributed by atoms with E-state index in [1.54, 1.807) is 0 Å². The third-order valence-corrected chi connectivity index (χ3v) is 3.93. The van der Waals surface area contributed by atoms with E-state index in [1.165, 1.54) is 14.5 Å². The molecule has 0 atom stereocenters. The van der Waals surface area contributed by atoms with Crippen molar-refractivity contribution in [3.8, 4) is 0 Å². The fraction of sp³-hybridized carbons (Fsp3) is 0.125. The summed E-state index contributed by atoms with van der Waals surface area (Å²) in [6.07, 6.45) is 0. The molecule has 0 saturated carbocycles. The number of furan rings is 1. The van der Waals surface area contributed by atoms with Gasteiger partial charge in [-0.3, -0.25) is 0 Å². The average Bonchev–Trinajstić information content (AvgIpc) is 2.74.